The maximum absolute atomic E-state index is 13.8. The minimum atomic E-state index is -4.61. The van der Waals surface area contributed by atoms with Gasteiger partial charge < -0.3 is 20.1 Å². The number of rotatable bonds is 7. The Morgan fingerprint density at radius 1 is 1.00 bits per heavy atom. The second-order valence-corrected chi connectivity index (χ2v) is 7.81. The standard InChI is InChI=1S/C23H25F3N6O2/c1-16-27-21(30-22(28-16)32-11-9-31(10-12-32)13-14-33)29-17-7-8-20(19(15-17)23(24,25)26)34-18-5-3-2-4-6-18/h2-8,15,33H,9-14H2,1H3,(H,27,28,29,30). The van der Waals surface area contributed by atoms with Gasteiger partial charge in [0.2, 0.25) is 11.9 Å². The number of aryl methyl sites for hydroxylation is 1. The molecule has 2 aromatic carbocycles. The zero-order valence-corrected chi connectivity index (χ0v) is 18.6. The number of nitrogens with one attached hydrogen (secondary N) is 1. The van der Waals surface area contributed by atoms with E-state index in [2.05, 4.69) is 25.2 Å². The SMILES string of the molecule is Cc1nc(Nc2ccc(Oc3ccccc3)c(C(F)(F)F)c2)nc(N2CCN(CCO)CC2)n1. The molecule has 1 aliphatic rings. The summed E-state index contributed by atoms with van der Waals surface area (Å²) in [7, 11) is 0. The van der Waals surface area contributed by atoms with Gasteiger partial charge in [0.1, 0.15) is 22.9 Å². The summed E-state index contributed by atoms with van der Waals surface area (Å²) in [6.07, 6.45) is -4.61. The topological polar surface area (TPSA) is 86.6 Å². The Bertz CT molecular complexity index is 1110. The number of β-amino-alcohol motifs (C(OH)–C–C–N with tert-alkyl or cyclic N) is 1. The van der Waals surface area contributed by atoms with Crippen molar-refractivity contribution < 1.29 is 23.0 Å². The molecule has 2 N–H and O–H groups in total. The highest BCUT2D eigenvalue weighted by molar-refractivity contribution is 5.59. The number of aromatic nitrogens is 3. The largest absolute Gasteiger partial charge is 0.457 e. The summed E-state index contributed by atoms with van der Waals surface area (Å²) >= 11 is 0. The highest BCUT2D eigenvalue weighted by atomic mass is 19.4. The van der Waals surface area contributed by atoms with Crippen molar-refractivity contribution >= 4 is 17.6 Å². The van der Waals surface area contributed by atoms with Crippen molar-refractivity contribution in [3.63, 3.8) is 0 Å². The molecule has 0 amide bonds. The average Bonchev–Trinajstić information content (AvgIpc) is 2.80. The van der Waals surface area contributed by atoms with Crippen molar-refractivity contribution in [3.8, 4) is 11.5 Å². The first-order chi connectivity index (χ1) is 16.3. The Kier molecular flexibility index (Phi) is 7.13. The number of aliphatic hydroxyl groups excluding tert-OH is 1. The monoisotopic (exact) mass is 474 g/mol. The number of alkyl halides is 3. The first-order valence-electron chi connectivity index (χ1n) is 10.8. The van der Waals surface area contributed by atoms with Crippen LogP contribution in [0.3, 0.4) is 0 Å². The van der Waals surface area contributed by atoms with Gasteiger partial charge in [0.15, 0.2) is 0 Å². The number of anilines is 3. The van der Waals surface area contributed by atoms with E-state index >= 15 is 0 Å². The molecule has 180 valence electrons. The molecule has 1 aliphatic heterocycles. The van der Waals surface area contributed by atoms with Crippen LogP contribution in [0.1, 0.15) is 11.4 Å². The number of piperazine rings is 1. The average molecular weight is 474 g/mol. The highest BCUT2D eigenvalue weighted by Crippen LogP contribution is 2.40. The summed E-state index contributed by atoms with van der Waals surface area (Å²) in [4.78, 5) is 17.2. The predicted octanol–water partition coefficient (Wildman–Crippen LogP) is 3.85. The first-order valence-corrected chi connectivity index (χ1v) is 10.8. The van der Waals surface area contributed by atoms with E-state index in [-0.39, 0.29) is 24.0 Å². The number of hydrogen-bond acceptors (Lipinski definition) is 8. The number of ether oxygens (including phenoxy) is 1. The van der Waals surface area contributed by atoms with E-state index in [0.717, 1.165) is 19.2 Å². The van der Waals surface area contributed by atoms with E-state index < -0.39 is 11.7 Å². The molecule has 1 aromatic heterocycles. The number of halogens is 3. The molecule has 1 saturated heterocycles. The third-order valence-electron chi connectivity index (χ3n) is 5.32. The Morgan fingerprint density at radius 2 is 1.74 bits per heavy atom. The molecule has 0 aliphatic carbocycles. The van der Waals surface area contributed by atoms with Gasteiger partial charge in [0, 0.05) is 38.4 Å². The van der Waals surface area contributed by atoms with Gasteiger partial charge in [-0.1, -0.05) is 18.2 Å². The normalized spacial score (nSPS) is 14.8. The van der Waals surface area contributed by atoms with Gasteiger partial charge in [-0.3, -0.25) is 4.90 Å². The van der Waals surface area contributed by atoms with E-state index in [4.69, 9.17) is 9.84 Å². The molecular formula is C23H25F3N6O2. The quantitative estimate of drug-likeness (QED) is 0.534. The Morgan fingerprint density at radius 3 is 2.41 bits per heavy atom. The molecule has 1 fully saturated rings. The van der Waals surface area contributed by atoms with E-state index in [9.17, 15) is 13.2 Å². The van der Waals surface area contributed by atoms with Crippen LogP contribution >= 0.6 is 0 Å². The molecule has 0 radical (unpaired) electrons. The van der Waals surface area contributed by atoms with Gasteiger partial charge in [-0.2, -0.15) is 28.1 Å². The van der Waals surface area contributed by atoms with E-state index in [1.165, 1.54) is 12.1 Å². The molecule has 0 bridgehead atoms. The molecule has 4 rings (SSSR count). The molecule has 0 spiro atoms. The predicted molar refractivity (Wildman–Crippen MR) is 122 cm³/mol. The summed E-state index contributed by atoms with van der Waals surface area (Å²) in [5, 5.41) is 12.0. The van der Waals surface area contributed by atoms with Crippen LogP contribution in [-0.4, -0.2) is 64.3 Å². The third-order valence-corrected chi connectivity index (χ3v) is 5.32. The first kappa shape index (κ1) is 23.7. The lowest BCUT2D eigenvalue weighted by Crippen LogP contribution is -2.47. The number of aliphatic hydroxyl groups is 1. The molecule has 2 heterocycles. The van der Waals surface area contributed by atoms with Crippen LogP contribution < -0.4 is 15.0 Å². The molecule has 0 unspecified atom stereocenters. The lowest BCUT2D eigenvalue weighted by molar-refractivity contribution is -0.138. The van der Waals surface area contributed by atoms with Gasteiger partial charge in [-0.05, 0) is 37.3 Å². The maximum atomic E-state index is 13.8. The zero-order valence-electron chi connectivity index (χ0n) is 18.6. The fourth-order valence-electron chi connectivity index (χ4n) is 3.64. The molecule has 11 heteroatoms. The van der Waals surface area contributed by atoms with Crippen LogP contribution in [0.4, 0.5) is 30.8 Å². The molecular weight excluding hydrogens is 449 g/mol. The second-order valence-electron chi connectivity index (χ2n) is 7.81. The minimum Gasteiger partial charge on any atom is -0.457 e. The van der Waals surface area contributed by atoms with E-state index in [1.807, 2.05) is 4.90 Å². The van der Waals surface area contributed by atoms with E-state index in [0.29, 0.717) is 37.2 Å². The van der Waals surface area contributed by atoms with Crippen LogP contribution in [0.5, 0.6) is 11.5 Å². The molecule has 0 saturated carbocycles. The van der Waals surface area contributed by atoms with Gasteiger partial charge in [-0.25, -0.2) is 0 Å². The number of nitrogens with zero attached hydrogens (tertiary/aromatic N) is 5. The number of benzene rings is 2. The smallest absolute Gasteiger partial charge is 0.420 e. The van der Waals surface area contributed by atoms with Crippen molar-refractivity contribution in [2.24, 2.45) is 0 Å². The van der Waals surface area contributed by atoms with Crippen molar-refractivity contribution in [2.45, 2.75) is 13.1 Å². The summed E-state index contributed by atoms with van der Waals surface area (Å²) in [5.41, 5.74) is -0.732. The lowest BCUT2D eigenvalue weighted by atomic mass is 10.1. The van der Waals surface area contributed by atoms with Crippen molar-refractivity contribution in [2.75, 3.05) is 49.5 Å². The Balaban J connectivity index is 1.54. The molecule has 8 nitrogen and oxygen atoms in total. The highest BCUT2D eigenvalue weighted by Gasteiger charge is 2.35. The summed E-state index contributed by atoms with van der Waals surface area (Å²) < 4.78 is 46.7. The lowest BCUT2D eigenvalue weighted by Gasteiger charge is -2.34. The van der Waals surface area contributed by atoms with Crippen molar-refractivity contribution in [1.29, 1.82) is 0 Å². The number of para-hydroxylation sites is 1. The van der Waals surface area contributed by atoms with Gasteiger partial charge >= 0.3 is 6.18 Å². The van der Waals surface area contributed by atoms with Crippen LogP contribution in [0.2, 0.25) is 0 Å². The van der Waals surface area contributed by atoms with Crippen LogP contribution in [0, 0.1) is 6.92 Å². The second kappa shape index (κ2) is 10.2. The maximum Gasteiger partial charge on any atom is 0.420 e. The van der Waals surface area contributed by atoms with Gasteiger partial charge in [-0.15, -0.1) is 0 Å². The van der Waals surface area contributed by atoms with Crippen LogP contribution in [-0.2, 0) is 6.18 Å². The summed E-state index contributed by atoms with van der Waals surface area (Å²) in [5.74, 6) is 1.08. The number of hydrogen-bond donors (Lipinski definition) is 2. The third kappa shape index (κ3) is 5.91. The Labute approximate surface area is 195 Å². The fraction of sp³-hybridized carbons (Fsp3) is 0.348. The molecule has 34 heavy (non-hydrogen) atoms. The van der Waals surface area contributed by atoms with E-state index in [1.54, 1.807) is 37.3 Å². The fourth-order valence-corrected chi connectivity index (χ4v) is 3.64. The summed E-state index contributed by atoms with van der Waals surface area (Å²) in [6, 6.07) is 12.0. The molecule has 3 aromatic rings. The van der Waals surface area contributed by atoms with Crippen LogP contribution in [0.15, 0.2) is 48.5 Å². The van der Waals surface area contributed by atoms with Gasteiger partial charge in [0.25, 0.3) is 0 Å². The summed E-state index contributed by atoms with van der Waals surface area (Å²) in [6.45, 7) is 5.28. The minimum absolute atomic E-state index is 0.105. The Hall–Kier alpha value is -3.44. The van der Waals surface area contributed by atoms with Crippen molar-refractivity contribution in [1.82, 2.24) is 19.9 Å². The van der Waals surface area contributed by atoms with Crippen molar-refractivity contribution in [3.05, 3.63) is 59.9 Å². The van der Waals surface area contributed by atoms with Crippen LogP contribution in [0.25, 0.3) is 0 Å². The molecule has 0 atom stereocenters. The zero-order chi connectivity index (χ0) is 24.1. The van der Waals surface area contributed by atoms with Gasteiger partial charge in [0.05, 0.1) is 6.61 Å².